The standard InChI is InChI=1S/C11H16N2/c1-2-3-9-11(12)13-10-7-5-4-6-8-10/h4-8H,2-3,9H2,1H3,(H2,12,13). The molecule has 0 fully saturated rings. The third-order valence-corrected chi connectivity index (χ3v) is 1.85. The molecule has 2 N–H and O–H groups in total. The number of hydrogen-bond donors (Lipinski definition) is 2. The van der Waals surface area contributed by atoms with Gasteiger partial charge in [-0.1, -0.05) is 31.5 Å². The number of hydrogen-bond acceptors (Lipinski definition) is 1. The van der Waals surface area contributed by atoms with E-state index in [2.05, 4.69) is 12.2 Å². The van der Waals surface area contributed by atoms with Crippen molar-refractivity contribution in [2.75, 3.05) is 5.32 Å². The van der Waals surface area contributed by atoms with Gasteiger partial charge in [-0.05, 0) is 18.6 Å². The van der Waals surface area contributed by atoms with E-state index in [1.165, 1.54) is 0 Å². The van der Waals surface area contributed by atoms with Gasteiger partial charge in [0, 0.05) is 12.1 Å². The van der Waals surface area contributed by atoms with Gasteiger partial charge in [0.25, 0.3) is 0 Å². The lowest BCUT2D eigenvalue weighted by Gasteiger charge is -2.06. The average molecular weight is 176 g/mol. The third-order valence-electron chi connectivity index (χ3n) is 1.85. The summed E-state index contributed by atoms with van der Waals surface area (Å²) in [5.74, 6) is 0.605. The van der Waals surface area contributed by atoms with Crippen LogP contribution >= 0.6 is 0 Å². The minimum absolute atomic E-state index is 0.605. The fraction of sp³-hybridized carbons (Fsp3) is 0.364. The van der Waals surface area contributed by atoms with E-state index in [1.807, 2.05) is 30.3 Å². The molecule has 0 aliphatic rings. The Hall–Kier alpha value is -1.31. The highest BCUT2D eigenvalue weighted by Gasteiger charge is 1.95. The smallest absolute Gasteiger partial charge is 0.0975 e. The number of rotatable bonds is 4. The Balaban J connectivity index is 2.37. The summed E-state index contributed by atoms with van der Waals surface area (Å²) in [4.78, 5) is 0. The normalized spacial score (nSPS) is 9.62. The first-order chi connectivity index (χ1) is 6.33. The Morgan fingerprint density at radius 3 is 2.62 bits per heavy atom. The summed E-state index contributed by atoms with van der Waals surface area (Å²) >= 11 is 0. The monoisotopic (exact) mass is 176 g/mol. The molecule has 1 aromatic carbocycles. The largest absolute Gasteiger partial charge is 0.344 e. The second kappa shape index (κ2) is 5.36. The van der Waals surface area contributed by atoms with Crippen molar-refractivity contribution in [1.82, 2.24) is 0 Å². The van der Waals surface area contributed by atoms with Crippen molar-refractivity contribution in [3.63, 3.8) is 0 Å². The Bertz CT molecular complexity index is 254. The van der Waals surface area contributed by atoms with Crippen LogP contribution in [-0.2, 0) is 0 Å². The highest BCUT2D eigenvalue weighted by molar-refractivity contribution is 5.92. The van der Waals surface area contributed by atoms with E-state index in [0.717, 1.165) is 24.9 Å². The molecule has 70 valence electrons. The van der Waals surface area contributed by atoms with Gasteiger partial charge < -0.3 is 5.32 Å². The van der Waals surface area contributed by atoms with Gasteiger partial charge in [-0.15, -0.1) is 0 Å². The van der Waals surface area contributed by atoms with Gasteiger partial charge >= 0.3 is 0 Å². The van der Waals surface area contributed by atoms with E-state index in [9.17, 15) is 0 Å². The average Bonchev–Trinajstić information content (AvgIpc) is 2.16. The Kier molecular flexibility index (Phi) is 4.03. The van der Waals surface area contributed by atoms with Crippen molar-refractivity contribution in [3.8, 4) is 0 Å². The summed E-state index contributed by atoms with van der Waals surface area (Å²) in [6, 6.07) is 9.85. The van der Waals surface area contributed by atoms with Crippen molar-refractivity contribution in [2.45, 2.75) is 26.2 Å². The van der Waals surface area contributed by atoms with Crippen molar-refractivity contribution < 1.29 is 0 Å². The van der Waals surface area contributed by atoms with Crippen LogP contribution < -0.4 is 5.32 Å². The van der Waals surface area contributed by atoms with Crippen LogP contribution in [0.2, 0.25) is 0 Å². The third kappa shape index (κ3) is 3.74. The molecule has 0 spiro atoms. The number of nitrogens with one attached hydrogen (secondary N) is 2. The molecular weight excluding hydrogens is 160 g/mol. The Labute approximate surface area is 79.5 Å². The van der Waals surface area contributed by atoms with Crippen molar-refractivity contribution in [1.29, 1.82) is 5.41 Å². The fourth-order valence-electron chi connectivity index (χ4n) is 1.11. The first kappa shape index (κ1) is 9.78. The maximum atomic E-state index is 7.62. The van der Waals surface area contributed by atoms with E-state index < -0.39 is 0 Å². The SMILES string of the molecule is CCCCC(=N)Nc1ccccc1. The van der Waals surface area contributed by atoms with Crippen LogP contribution in [0.15, 0.2) is 30.3 Å². The van der Waals surface area contributed by atoms with Gasteiger partial charge in [-0.2, -0.15) is 0 Å². The molecule has 1 rings (SSSR count). The number of para-hydroxylation sites is 1. The molecule has 2 heteroatoms. The summed E-state index contributed by atoms with van der Waals surface area (Å²) in [7, 11) is 0. The highest BCUT2D eigenvalue weighted by Crippen LogP contribution is 2.06. The second-order valence-corrected chi connectivity index (χ2v) is 3.07. The molecule has 0 atom stereocenters. The van der Waals surface area contributed by atoms with E-state index in [1.54, 1.807) is 0 Å². The molecule has 0 bridgehead atoms. The van der Waals surface area contributed by atoms with E-state index in [4.69, 9.17) is 5.41 Å². The molecule has 0 amide bonds. The lowest BCUT2D eigenvalue weighted by molar-refractivity contribution is 0.831. The Morgan fingerprint density at radius 1 is 1.31 bits per heavy atom. The van der Waals surface area contributed by atoms with Gasteiger partial charge in [0.2, 0.25) is 0 Å². The summed E-state index contributed by atoms with van der Waals surface area (Å²) < 4.78 is 0. The van der Waals surface area contributed by atoms with Gasteiger partial charge in [-0.3, -0.25) is 5.41 Å². The number of benzene rings is 1. The summed E-state index contributed by atoms with van der Waals surface area (Å²) in [5, 5.41) is 10.7. The molecule has 0 saturated carbocycles. The van der Waals surface area contributed by atoms with Crippen LogP contribution in [-0.4, -0.2) is 5.84 Å². The van der Waals surface area contributed by atoms with Crippen LogP contribution in [0.5, 0.6) is 0 Å². The maximum absolute atomic E-state index is 7.62. The van der Waals surface area contributed by atoms with E-state index in [0.29, 0.717) is 5.84 Å². The molecule has 1 aromatic rings. The van der Waals surface area contributed by atoms with Crippen LogP contribution in [0, 0.1) is 5.41 Å². The van der Waals surface area contributed by atoms with Crippen molar-refractivity contribution >= 4 is 11.5 Å². The summed E-state index contributed by atoms with van der Waals surface area (Å²) in [6.07, 6.45) is 3.06. The molecule has 0 radical (unpaired) electrons. The lowest BCUT2D eigenvalue weighted by atomic mass is 10.2. The minimum atomic E-state index is 0.605. The zero-order chi connectivity index (χ0) is 9.52. The van der Waals surface area contributed by atoms with Crippen LogP contribution in [0.1, 0.15) is 26.2 Å². The second-order valence-electron chi connectivity index (χ2n) is 3.07. The first-order valence-electron chi connectivity index (χ1n) is 4.72. The van der Waals surface area contributed by atoms with Crippen molar-refractivity contribution in [3.05, 3.63) is 30.3 Å². The topological polar surface area (TPSA) is 35.9 Å². The Morgan fingerprint density at radius 2 is 2.00 bits per heavy atom. The predicted molar refractivity (Wildman–Crippen MR) is 57.3 cm³/mol. The molecule has 0 heterocycles. The van der Waals surface area contributed by atoms with Gasteiger partial charge in [-0.25, -0.2) is 0 Å². The van der Waals surface area contributed by atoms with Crippen LogP contribution in [0.4, 0.5) is 5.69 Å². The molecule has 0 aliphatic heterocycles. The quantitative estimate of drug-likeness (QED) is 0.536. The summed E-state index contributed by atoms with van der Waals surface area (Å²) in [6.45, 7) is 2.13. The molecule has 0 aliphatic carbocycles. The zero-order valence-corrected chi connectivity index (χ0v) is 8.01. The lowest BCUT2D eigenvalue weighted by Crippen LogP contribution is -2.09. The fourth-order valence-corrected chi connectivity index (χ4v) is 1.11. The van der Waals surface area contributed by atoms with Gasteiger partial charge in [0.1, 0.15) is 0 Å². The zero-order valence-electron chi connectivity index (χ0n) is 8.01. The van der Waals surface area contributed by atoms with Crippen LogP contribution in [0.3, 0.4) is 0 Å². The predicted octanol–water partition coefficient (Wildman–Crippen LogP) is 3.27. The highest BCUT2D eigenvalue weighted by atomic mass is 14.9. The molecule has 0 unspecified atom stereocenters. The number of unbranched alkanes of at least 4 members (excludes halogenated alkanes) is 1. The minimum Gasteiger partial charge on any atom is -0.344 e. The van der Waals surface area contributed by atoms with E-state index in [-0.39, 0.29) is 0 Å². The summed E-state index contributed by atoms with van der Waals surface area (Å²) in [5.41, 5.74) is 1.00. The van der Waals surface area contributed by atoms with Crippen molar-refractivity contribution in [2.24, 2.45) is 0 Å². The molecular formula is C11H16N2. The van der Waals surface area contributed by atoms with Gasteiger partial charge in [0.05, 0.1) is 5.84 Å². The molecule has 13 heavy (non-hydrogen) atoms. The maximum Gasteiger partial charge on any atom is 0.0975 e. The van der Waals surface area contributed by atoms with E-state index >= 15 is 0 Å². The molecule has 2 nitrogen and oxygen atoms in total. The molecule has 0 saturated heterocycles. The molecule has 0 aromatic heterocycles. The van der Waals surface area contributed by atoms with Gasteiger partial charge in [0.15, 0.2) is 0 Å². The number of amidine groups is 1. The number of anilines is 1. The first-order valence-corrected chi connectivity index (χ1v) is 4.72. The van der Waals surface area contributed by atoms with Crippen LogP contribution in [0.25, 0.3) is 0 Å².